The van der Waals surface area contributed by atoms with Crippen molar-refractivity contribution in [2.24, 2.45) is 5.73 Å². The van der Waals surface area contributed by atoms with Gasteiger partial charge in [0.2, 0.25) is 0 Å². The van der Waals surface area contributed by atoms with E-state index in [9.17, 15) is 5.11 Å². The van der Waals surface area contributed by atoms with Crippen LogP contribution in [0, 0.1) is 0 Å². The molecule has 2 nitrogen and oxygen atoms in total. The Morgan fingerprint density at radius 2 is 2.10 bits per heavy atom. The Kier molecular flexibility index (Phi) is 6.05. The first-order valence-corrected chi connectivity index (χ1v) is 8.12. The number of rotatable bonds is 7. The van der Waals surface area contributed by atoms with E-state index in [1.807, 2.05) is 24.3 Å². The third kappa shape index (κ3) is 4.32. The Labute approximate surface area is 129 Å². The molecule has 0 aliphatic rings. The van der Waals surface area contributed by atoms with Crippen molar-refractivity contribution in [2.75, 3.05) is 6.54 Å². The molecule has 0 fully saturated rings. The largest absolute Gasteiger partial charge is 0.392 e. The molecule has 1 aromatic carbocycles. The number of aliphatic hydroxyl groups is 1. The van der Waals surface area contributed by atoms with E-state index in [0.717, 1.165) is 24.8 Å². The summed E-state index contributed by atoms with van der Waals surface area (Å²) in [5, 5.41) is 13.1. The SMILES string of the molecule is NCC(c1cccc(Cl)c1)C(O)CCCc1cccs1. The Morgan fingerprint density at radius 1 is 1.25 bits per heavy atom. The van der Waals surface area contributed by atoms with Crippen LogP contribution in [-0.4, -0.2) is 17.8 Å². The summed E-state index contributed by atoms with van der Waals surface area (Å²) in [4.78, 5) is 1.37. The van der Waals surface area contributed by atoms with Gasteiger partial charge in [0, 0.05) is 22.4 Å². The summed E-state index contributed by atoms with van der Waals surface area (Å²) in [6, 6.07) is 11.8. The normalized spacial score (nSPS) is 14.2. The quantitative estimate of drug-likeness (QED) is 0.816. The van der Waals surface area contributed by atoms with E-state index < -0.39 is 6.10 Å². The zero-order chi connectivity index (χ0) is 14.4. The van der Waals surface area contributed by atoms with E-state index >= 15 is 0 Å². The van der Waals surface area contributed by atoms with Gasteiger partial charge in [-0.1, -0.05) is 29.8 Å². The fourth-order valence-electron chi connectivity index (χ4n) is 2.39. The van der Waals surface area contributed by atoms with Crippen LogP contribution in [-0.2, 0) is 6.42 Å². The lowest BCUT2D eigenvalue weighted by molar-refractivity contribution is 0.133. The smallest absolute Gasteiger partial charge is 0.0621 e. The summed E-state index contributed by atoms with van der Waals surface area (Å²) in [6.07, 6.45) is 2.32. The number of nitrogens with two attached hydrogens (primary N) is 1. The van der Waals surface area contributed by atoms with Crippen LogP contribution in [0.25, 0.3) is 0 Å². The van der Waals surface area contributed by atoms with Gasteiger partial charge in [0.15, 0.2) is 0 Å². The Bertz CT molecular complexity index is 515. The molecule has 3 N–H and O–H groups in total. The number of thiophene rings is 1. The van der Waals surface area contributed by atoms with Gasteiger partial charge in [0.1, 0.15) is 0 Å². The molecule has 0 spiro atoms. The van der Waals surface area contributed by atoms with Gasteiger partial charge in [-0.05, 0) is 48.4 Å². The number of hydrogen-bond acceptors (Lipinski definition) is 3. The van der Waals surface area contributed by atoms with Gasteiger partial charge < -0.3 is 10.8 Å². The molecule has 0 saturated heterocycles. The summed E-state index contributed by atoms with van der Waals surface area (Å²) in [6.45, 7) is 0.431. The minimum Gasteiger partial charge on any atom is -0.392 e. The highest BCUT2D eigenvalue weighted by Crippen LogP contribution is 2.25. The van der Waals surface area contributed by atoms with E-state index in [2.05, 4.69) is 17.5 Å². The highest BCUT2D eigenvalue weighted by molar-refractivity contribution is 7.09. The summed E-state index contributed by atoms with van der Waals surface area (Å²) in [7, 11) is 0. The third-order valence-corrected chi connectivity index (χ3v) is 4.67. The second kappa shape index (κ2) is 7.79. The van der Waals surface area contributed by atoms with Gasteiger partial charge in [-0.3, -0.25) is 0 Å². The molecule has 4 heteroatoms. The molecule has 0 aliphatic heterocycles. The lowest BCUT2D eigenvalue weighted by Gasteiger charge is -2.22. The fraction of sp³-hybridized carbons (Fsp3) is 0.375. The van der Waals surface area contributed by atoms with Crippen LogP contribution in [0.1, 0.15) is 29.2 Å². The maximum Gasteiger partial charge on any atom is 0.0621 e. The highest BCUT2D eigenvalue weighted by Gasteiger charge is 2.19. The second-order valence-electron chi connectivity index (χ2n) is 4.94. The monoisotopic (exact) mass is 309 g/mol. The molecule has 0 radical (unpaired) electrons. The van der Waals surface area contributed by atoms with Gasteiger partial charge >= 0.3 is 0 Å². The van der Waals surface area contributed by atoms with Crippen molar-refractivity contribution in [3.05, 3.63) is 57.2 Å². The van der Waals surface area contributed by atoms with Crippen LogP contribution in [0.4, 0.5) is 0 Å². The minimum absolute atomic E-state index is 0.0444. The van der Waals surface area contributed by atoms with Crippen LogP contribution in [0.5, 0.6) is 0 Å². The predicted octanol–water partition coefficient (Wildman–Crippen LogP) is 3.83. The molecule has 20 heavy (non-hydrogen) atoms. The molecule has 2 aromatic rings. The second-order valence-corrected chi connectivity index (χ2v) is 6.40. The standard InChI is InChI=1S/C16H20ClNOS/c17-13-5-1-4-12(10-13)15(11-18)16(19)8-2-6-14-7-3-9-20-14/h1,3-5,7,9-10,15-16,19H,2,6,8,11,18H2. The van der Waals surface area contributed by atoms with Crippen molar-refractivity contribution in [2.45, 2.75) is 31.3 Å². The van der Waals surface area contributed by atoms with Crippen molar-refractivity contribution in [3.63, 3.8) is 0 Å². The zero-order valence-electron chi connectivity index (χ0n) is 11.3. The summed E-state index contributed by atoms with van der Waals surface area (Å²) >= 11 is 7.76. The van der Waals surface area contributed by atoms with Gasteiger partial charge in [-0.2, -0.15) is 0 Å². The average Bonchev–Trinajstić information content (AvgIpc) is 2.93. The molecular formula is C16H20ClNOS. The number of benzene rings is 1. The van der Waals surface area contributed by atoms with E-state index in [1.54, 1.807) is 11.3 Å². The molecule has 2 rings (SSSR count). The van der Waals surface area contributed by atoms with E-state index in [4.69, 9.17) is 17.3 Å². The molecule has 2 atom stereocenters. The summed E-state index contributed by atoms with van der Waals surface area (Å²) in [5.74, 6) is -0.0444. The number of hydrogen-bond donors (Lipinski definition) is 2. The van der Waals surface area contributed by atoms with E-state index in [0.29, 0.717) is 11.6 Å². The molecule has 2 unspecified atom stereocenters. The zero-order valence-corrected chi connectivity index (χ0v) is 12.9. The van der Waals surface area contributed by atoms with Crippen LogP contribution in [0.15, 0.2) is 41.8 Å². The molecule has 0 aliphatic carbocycles. The molecule has 108 valence electrons. The summed E-state index contributed by atoms with van der Waals surface area (Å²) < 4.78 is 0. The van der Waals surface area contributed by atoms with Crippen LogP contribution >= 0.6 is 22.9 Å². The molecule has 0 bridgehead atoms. The first-order chi connectivity index (χ1) is 9.70. The van der Waals surface area contributed by atoms with Crippen molar-refractivity contribution in [1.29, 1.82) is 0 Å². The highest BCUT2D eigenvalue weighted by atomic mass is 35.5. The van der Waals surface area contributed by atoms with Crippen molar-refractivity contribution in [3.8, 4) is 0 Å². The topological polar surface area (TPSA) is 46.2 Å². The van der Waals surface area contributed by atoms with Crippen LogP contribution in [0.2, 0.25) is 5.02 Å². The van der Waals surface area contributed by atoms with Gasteiger partial charge in [0.05, 0.1) is 6.10 Å². The van der Waals surface area contributed by atoms with Gasteiger partial charge in [0.25, 0.3) is 0 Å². The average molecular weight is 310 g/mol. The molecule has 0 amide bonds. The molecular weight excluding hydrogens is 290 g/mol. The minimum atomic E-state index is -0.418. The fourth-order valence-corrected chi connectivity index (χ4v) is 3.34. The first-order valence-electron chi connectivity index (χ1n) is 6.86. The maximum absolute atomic E-state index is 10.4. The van der Waals surface area contributed by atoms with Crippen LogP contribution in [0.3, 0.4) is 0 Å². The molecule has 1 heterocycles. The Hall–Kier alpha value is -0.870. The van der Waals surface area contributed by atoms with E-state index in [-0.39, 0.29) is 5.92 Å². The lowest BCUT2D eigenvalue weighted by Crippen LogP contribution is -2.26. The number of aliphatic hydroxyl groups excluding tert-OH is 1. The van der Waals surface area contributed by atoms with Crippen molar-refractivity contribution < 1.29 is 5.11 Å². The third-order valence-electron chi connectivity index (χ3n) is 3.50. The first kappa shape index (κ1) is 15.5. The van der Waals surface area contributed by atoms with E-state index in [1.165, 1.54) is 4.88 Å². The Morgan fingerprint density at radius 3 is 2.75 bits per heavy atom. The van der Waals surface area contributed by atoms with Crippen molar-refractivity contribution >= 4 is 22.9 Å². The maximum atomic E-state index is 10.4. The molecule has 1 aromatic heterocycles. The lowest BCUT2D eigenvalue weighted by atomic mass is 9.90. The van der Waals surface area contributed by atoms with Gasteiger partial charge in [-0.15, -0.1) is 11.3 Å². The van der Waals surface area contributed by atoms with Crippen molar-refractivity contribution in [1.82, 2.24) is 0 Å². The molecule has 0 saturated carbocycles. The Balaban J connectivity index is 1.90. The van der Waals surface area contributed by atoms with Crippen LogP contribution < -0.4 is 5.73 Å². The number of halogens is 1. The summed E-state index contributed by atoms with van der Waals surface area (Å²) in [5.41, 5.74) is 6.84. The number of aryl methyl sites for hydroxylation is 1. The van der Waals surface area contributed by atoms with Gasteiger partial charge in [-0.25, -0.2) is 0 Å². The predicted molar refractivity (Wildman–Crippen MR) is 86.5 cm³/mol.